The molecule has 0 atom stereocenters. The molecule has 0 unspecified atom stereocenters. The largest absolute Gasteiger partial charge is 0.455 e. The average Bonchev–Trinajstić information content (AvgIpc) is 3.81. The van der Waals surface area contributed by atoms with E-state index in [1.54, 1.807) is 0 Å². The van der Waals surface area contributed by atoms with Gasteiger partial charge in [0.25, 0.3) is 0 Å². The van der Waals surface area contributed by atoms with Crippen LogP contribution in [0.1, 0.15) is 49.9 Å². The van der Waals surface area contributed by atoms with E-state index in [4.69, 9.17) is 4.42 Å². The molecule has 0 spiro atoms. The Labute approximate surface area is 328 Å². The van der Waals surface area contributed by atoms with Gasteiger partial charge in [-0.2, -0.15) is 0 Å². The van der Waals surface area contributed by atoms with Crippen molar-refractivity contribution < 1.29 is 4.42 Å². The van der Waals surface area contributed by atoms with Gasteiger partial charge < -0.3 is 9.32 Å². The van der Waals surface area contributed by atoms with Gasteiger partial charge in [0.1, 0.15) is 11.2 Å². The van der Waals surface area contributed by atoms with E-state index in [-0.39, 0.29) is 10.8 Å². The number of rotatable bonds is 5. The summed E-state index contributed by atoms with van der Waals surface area (Å²) < 4.78 is 6.67. The molecular formula is C54H41NO. The highest BCUT2D eigenvalue weighted by Crippen LogP contribution is 2.54. The number of hydrogen-bond donors (Lipinski definition) is 0. The van der Waals surface area contributed by atoms with Crippen LogP contribution in [0.2, 0.25) is 0 Å². The summed E-state index contributed by atoms with van der Waals surface area (Å²) in [5, 5.41) is 2.32. The second kappa shape index (κ2) is 11.9. The van der Waals surface area contributed by atoms with E-state index in [0.29, 0.717) is 0 Å². The number of benzene rings is 8. The third-order valence-electron chi connectivity index (χ3n) is 12.7. The highest BCUT2D eigenvalue weighted by atomic mass is 16.3. The number of fused-ring (bicyclic) bond motifs is 10. The first kappa shape index (κ1) is 32.8. The van der Waals surface area contributed by atoms with E-state index < -0.39 is 0 Å². The fourth-order valence-corrected chi connectivity index (χ4v) is 9.71. The van der Waals surface area contributed by atoms with Crippen molar-refractivity contribution in [3.05, 3.63) is 198 Å². The van der Waals surface area contributed by atoms with Gasteiger partial charge in [-0.3, -0.25) is 0 Å². The first-order chi connectivity index (χ1) is 27.3. The summed E-state index contributed by atoms with van der Waals surface area (Å²) in [6.07, 6.45) is 0. The van der Waals surface area contributed by atoms with E-state index in [1.165, 1.54) is 66.8 Å². The molecule has 56 heavy (non-hydrogen) atoms. The average molecular weight is 720 g/mol. The third-order valence-corrected chi connectivity index (χ3v) is 12.7. The summed E-state index contributed by atoms with van der Waals surface area (Å²) in [6, 6.07) is 64.5. The van der Waals surface area contributed by atoms with Gasteiger partial charge in [-0.15, -0.1) is 0 Å². The first-order valence-electron chi connectivity index (χ1n) is 19.7. The van der Waals surface area contributed by atoms with Crippen LogP contribution in [-0.4, -0.2) is 0 Å². The van der Waals surface area contributed by atoms with Crippen molar-refractivity contribution in [1.82, 2.24) is 0 Å². The standard InChI is InChI=1S/C54H41NO/c1-53(2)47-30-27-40(33-45(47)51-48(53)31-29-44-43-15-9-11-17-50(43)56-52(44)51)55(38-23-18-35(19-24-38)34-12-6-5-7-13-34)39-25-20-36(21-26-39)37-22-28-42-41-14-8-10-16-46(41)54(3,4)49(42)32-37/h5-33H,1-4H3. The molecule has 1 heterocycles. The Hall–Kier alpha value is -6.64. The molecule has 9 aromatic rings. The Morgan fingerprint density at radius 1 is 0.375 bits per heavy atom. The minimum absolute atomic E-state index is 0.0424. The van der Waals surface area contributed by atoms with E-state index >= 15 is 0 Å². The van der Waals surface area contributed by atoms with E-state index in [9.17, 15) is 0 Å². The van der Waals surface area contributed by atoms with Crippen molar-refractivity contribution in [1.29, 1.82) is 0 Å². The van der Waals surface area contributed by atoms with E-state index in [1.807, 2.05) is 0 Å². The predicted molar refractivity (Wildman–Crippen MR) is 234 cm³/mol. The van der Waals surface area contributed by atoms with Gasteiger partial charge in [0.15, 0.2) is 0 Å². The van der Waals surface area contributed by atoms with Gasteiger partial charge in [-0.1, -0.05) is 155 Å². The monoisotopic (exact) mass is 719 g/mol. The van der Waals surface area contributed by atoms with Gasteiger partial charge in [0.2, 0.25) is 0 Å². The summed E-state index contributed by atoms with van der Waals surface area (Å²) in [5.74, 6) is 0. The normalized spacial score (nSPS) is 14.4. The number of para-hydroxylation sites is 1. The molecule has 0 amide bonds. The number of anilines is 3. The van der Waals surface area contributed by atoms with Gasteiger partial charge >= 0.3 is 0 Å². The van der Waals surface area contributed by atoms with Crippen LogP contribution in [0.3, 0.4) is 0 Å². The Balaban J connectivity index is 1.04. The molecule has 11 rings (SSSR count). The van der Waals surface area contributed by atoms with Crippen molar-refractivity contribution in [2.75, 3.05) is 4.90 Å². The molecule has 8 aromatic carbocycles. The molecule has 0 bridgehead atoms. The molecule has 2 nitrogen and oxygen atoms in total. The van der Waals surface area contributed by atoms with E-state index in [2.05, 4.69) is 209 Å². The molecule has 268 valence electrons. The molecule has 1 aromatic heterocycles. The second-order valence-corrected chi connectivity index (χ2v) is 16.5. The Morgan fingerprint density at radius 2 is 0.929 bits per heavy atom. The lowest BCUT2D eigenvalue weighted by atomic mass is 9.81. The van der Waals surface area contributed by atoms with E-state index in [0.717, 1.165) is 39.0 Å². The van der Waals surface area contributed by atoms with Crippen LogP contribution in [-0.2, 0) is 10.8 Å². The van der Waals surface area contributed by atoms with Gasteiger partial charge in [-0.25, -0.2) is 0 Å². The fourth-order valence-electron chi connectivity index (χ4n) is 9.71. The number of hydrogen-bond acceptors (Lipinski definition) is 2. The maximum absolute atomic E-state index is 6.67. The van der Waals surface area contributed by atoms with Crippen LogP contribution >= 0.6 is 0 Å². The number of nitrogens with zero attached hydrogens (tertiary/aromatic N) is 1. The van der Waals surface area contributed by atoms with Crippen LogP contribution in [0.5, 0.6) is 0 Å². The molecular weight excluding hydrogens is 679 g/mol. The van der Waals surface area contributed by atoms with Crippen molar-refractivity contribution in [2.45, 2.75) is 38.5 Å². The van der Waals surface area contributed by atoms with Gasteiger partial charge in [0.05, 0.1) is 0 Å². The predicted octanol–water partition coefficient (Wildman–Crippen LogP) is 15.0. The molecule has 2 aliphatic carbocycles. The maximum atomic E-state index is 6.67. The van der Waals surface area contributed by atoms with Crippen molar-refractivity contribution in [3.63, 3.8) is 0 Å². The molecule has 2 aliphatic rings. The molecule has 2 heteroatoms. The van der Waals surface area contributed by atoms with Crippen LogP contribution in [0.25, 0.3) is 66.4 Å². The molecule has 0 aliphatic heterocycles. The highest BCUT2D eigenvalue weighted by Gasteiger charge is 2.38. The summed E-state index contributed by atoms with van der Waals surface area (Å²) in [5.41, 5.74) is 20.4. The summed E-state index contributed by atoms with van der Waals surface area (Å²) in [4.78, 5) is 2.39. The summed E-state index contributed by atoms with van der Waals surface area (Å²) in [6.45, 7) is 9.37. The second-order valence-electron chi connectivity index (χ2n) is 16.5. The summed E-state index contributed by atoms with van der Waals surface area (Å²) >= 11 is 0. The molecule has 0 saturated carbocycles. The number of furan rings is 1. The lowest BCUT2D eigenvalue weighted by Gasteiger charge is -2.27. The Morgan fingerprint density at radius 3 is 1.70 bits per heavy atom. The smallest absolute Gasteiger partial charge is 0.143 e. The van der Waals surface area contributed by atoms with Crippen LogP contribution in [0.4, 0.5) is 17.1 Å². The third kappa shape index (κ3) is 4.75. The van der Waals surface area contributed by atoms with Crippen LogP contribution in [0, 0.1) is 0 Å². The molecule has 0 saturated heterocycles. The molecule has 0 radical (unpaired) electrons. The van der Waals surface area contributed by atoms with Crippen molar-refractivity contribution in [3.8, 4) is 44.5 Å². The highest BCUT2D eigenvalue weighted by molar-refractivity contribution is 6.12. The topological polar surface area (TPSA) is 16.4 Å². The zero-order chi connectivity index (χ0) is 37.8. The lowest BCUT2D eigenvalue weighted by molar-refractivity contribution is 0.653. The van der Waals surface area contributed by atoms with Gasteiger partial charge in [0, 0.05) is 44.2 Å². The Bertz CT molecular complexity index is 3000. The Kier molecular flexibility index (Phi) is 6.98. The first-order valence-corrected chi connectivity index (χ1v) is 19.7. The lowest BCUT2D eigenvalue weighted by Crippen LogP contribution is -2.15. The molecule has 0 N–H and O–H groups in total. The maximum Gasteiger partial charge on any atom is 0.143 e. The zero-order valence-corrected chi connectivity index (χ0v) is 32.1. The summed E-state index contributed by atoms with van der Waals surface area (Å²) in [7, 11) is 0. The van der Waals surface area contributed by atoms with Crippen molar-refractivity contribution in [2.24, 2.45) is 0 Å². The zero-order valence-electron chi connectivity index (χ0n) is 32.1. The van der Waals surface area contributed by atoms with Crippen LogP contribution in [0.15, 0.2) is 180 Å². The SMILES string of the molecule is CC1(C)c2ccccc2-c2ccc(-c3ccc(N(c4ccc(-c5ccccc5)cc4)c4ccc5c(c4)-c4c(ccc6c4oc4ccccc46)C5(C)C)cc3)cc21. The minimum Gasteiger partial charge on any atom is -0.455 e. The fraction of sp³-hybridized carbons (Fsp3) is 0.111. The minimum atomic E-state index is -0.161. The molecule has 0 fully saturated rings. The van der Waals surface area contributed by atoms with Gasteiger partial charge in [-0.05, 0) is 110 Å². The quantitative estimate of drug-likeness (QED) is 0.176. The van der Waals surface area contributed by atoms with Crippen molar-refractivity contribution >= 4 is 39.0 Å². The van der Waals surface area contributed by atoms with Crippen LogP contribution < -0.4 is 4.90 Å².